The number of aliphatic carboxylic acids is 1. The van der Waals surface area contributed by atoms with E-state index in [1.165, 1.54) is 4.68 Å². The van der Waals surface area contributed by atoms with Crippen molar-refractivity contribution in [1.82, 2.24) is 20.3 Å². The first-order valence-electron chi connectivity index (χ1n) is 7.29. The normalized spacial score (nSPS) is 12.1. The van der Waals surface area contributed by atoms with E-state index in [1.54, 1.807) is 31.7 Å². The minimum atomic E-state index is -5.08. The minimum absolute atomic E-state index is 0.271. The second-order valence-corrected chi connectivity index (χ2v) is 6.17. The monoisotopic (exact) mass is 409 g/mol. The maximum atomic E-state index is 11.9. The number of nitrogens with two attached hydrogens (primary N) is 1. The van der Waals surface area contributed by atoms with E-state index in [1.807, 2.05) is 11.4 Å². The first-order valence-corrected chi connectivity index (χ1v) is 8.17. The van der Waals surface area contributed by atoms with Crippen molar-refractivity contribution in [3.05, 3.63) is 33.8 Å². The zero-order chi connectivity index (χ0) is 20.6. The van der Waals surface area contributed by atoms with E-state index in [-0.39, 0.29) is 5.91 Å². The van der Waals surface area contributed by atoms with Crippen molar-refractivity contribution in [3.63, 3.8) is 0 Å². The molecule has 1 atom stereocenters. The molecule has 150 valence electrons. The highest BCUT2D eigenvalue weighted by molar-refractivity contribution is 7.10. The Labute approximate surface area is 155 Å². The van der Waals surface area contributed by atoms with Crippen LogP contribution in [0, 0.1) is 0 Å². The number of methoxy groups -OCH3 is 1. The zero-order valence-corrected chi connectivity index (χ0v) is 15.2. The molecule has 1 unspecified atom stereocenters. The van der Waals surface area contributed by atoms with Gasteiger partial charge < -0.3 is 20.9 Å². The van der Waals surface area contributed by atoms with Gasteiger partial charge in [-0.15, -0.1) is 16.4 Å². The van der Waals surface area contributed by atoms with Gasteiger partial charge in [0.2, 0.25) is 5.91 Å². The fraction of sp³-hybridized carbons (Fsp3) is 0.429. The van der Waals surface area contributed by atoms with Crippen molar-refractivity contribution < 1.29 is 32.6 Å². The summed E-state index contributed by atoms with van der Waals surface area (Å²) in [7, 11) is 3.38. The zero-order valence-electron chi connectivity index (χ0n) is 14.4. The van der Waals surface area contributed by atoms with Crippen LogP contribution in [0.15, 0.2) is 17.6 Å². The summed E-state index contributed by atoms with van der Waals surface area (Å²) in [5.74, 6) is -3.03. The Hall–Kier alpha value is -2.51. The number of aromatic nitrogens is 3. The van der Waals surface area contributed by atoms with E-state index in [4.69, 9.17) is 20.4 Å². The lowest BCUT2D eigenvalue weighted by atomic mass is 10.2. The molecule has 27 heavy (non-hydrogen) atoms. The van der Waals surface area contributed by atoms with Gasteiger partial charge in [-0.1, -0.05) is 5.21 Å². The summed E-state index contributed by atoms with van der Waals surface area (Å²) >= 11 is 1.58. The predicted molar refractivity (Wildman–Crippen MR) is 88.5 cm³/mol. The highest BCUT2D eigenvalue weighted by Crippen LogP contribution is 2.15. The molecular formula is C14H18F3N5O4S. The van der Waals surface area contributed by atoms with Gasteiger partial charge in [-0.05, 0) is 17.0 Å². The Morgan fingerprint density at radius 2 is 2.11 bits per heavy atom. The number of nitrogens with zero attached hydrogens (tertiary/aromatic N) is 3. The van der Waals surface area contributed by atoms with Crippen LogP contribution in [-0.2, 0) is 34.5 Å². The molecule has 0 saturated carbocycles. The molecule has 0 fully saturated rings. The number of carboxylic acid groups (broad SMARTS) is 1. The van der Waals surface area contributed by atoms with Gasteiger partial charge in [-0.25, -0.2) is 4.79 Å². The third-order valence-electron chi connectivity index (χ3n) is 2.92. The molecule has 2 rings (SSSR count). The molecule has 13 heteroatoms. The average molecular weight is 409 g/mol. The maximum absolute atomic E-state index is 11.9. The van der Waals surface area contributed by atoms with Gasteiger partial charge in [-0.3, -0.25) is 9.48 Å². The van der Waals surface area contributed by atoms with Crippen LogP contribution >= 0.6 is 11.3 Å². The summed E-state index contributed by atoms with van der Waals surface area (Å²) in [5.41, 5.74) is 7.38. The van der Waals surface area contributed by atoms with Gasteiger partial charge in [0, 0.05) is 19.0 Å². The Morgan fingerprint density at radius 3 is 2.59 bits per heavy atom. The van der Waals surface area contributed by atoms with Gasteiger partial charge in [0.15, 0.2) is 0 Å². The summed E-state index contributed by atoms with van der Waals surface area (Å²) in [4.78, 5) is 21.9. The van der Waals surface area contributed by atoms with Gasteiger partial charge >= 0.3 is 12.1 Å². The number of hydrogen-bond donors (Lipinski definition) is 3. The van der Waals surface area contributed by atoms with Crippen molar-refractivity contribution in [2.24, 2.45) is 12.8 Å². The van der Waals surface area contributed by atoms with Crippen molar-refractivity contribution in [2.75, 3.05) is 7.11 Å². The number of amides is 1. The number of aryl methyl sites for hydroxylation is 1. The molecule has 0 saturated heterocycles. The number of hydrogen-bond acceptors (Lipinski definition) is 7. The molecule has 0 aromatic carbocycles. The molecule has 0 spiro atoms. The van der Waals surface area contributed by atoms with Crippen LogP contribution in [0.4, 0.5) is 13.2 Å². The summed E-state index contributed by atoms with van der Waals surface area (Å²) in [6.45, 7) is 1.02. The van der Waals surface area contributed by atoms with Crippen molar-refractivity contribution in [3.8, 4) is 0 Å². The van der Waals surface area contributed by atoms with Crippen molar-refractivity contribution >= 4 is 23.2 Å². The third kappa shape index (κ3) is 7.72. The van der Waals surface area contributed by atoms with Crippen molar-refractivity contribution in [2.45, 2.75) is 25.4 Å². The standard InChI is InChI=1S/C12H17N5O2S.C2HF3O2/c1-17-5-10(15-16-17)11(13)12(18)14-4-9-3-8(6-19-2)7-20-9;3-2(4,5)1(6)7/h3,5,7,11H,4,6,13H2,1-2H3,(H,14,18);(H,6,7). The molecule has 0 bridgehead atoms. The van der Waals surface area contributed by atoms with Crippen LogP contribution in [0.3, 0.4) is 0 Å². The molecule has 1 amide bonds. The summed E-state index contributed by atoms with van der Waals surface area (Å²) < 4.78 is 38.3. The van der Waals surface area contributed by atoms with Crippen molar-refractivity contribution in [1.29, 1.82) is 0 Å². The van der Waals surface area contributed by atoms with Crippen LogP contribution in [-0.4, -0.2) is 45.3 Å². The largest absolute Gasteiger partial charge is 0.490 e. The SMILES string of the molecule is COCc1csc(CNC(=O)C(N)c2cn(C)nn2)c1.O=C(O)C(F)(F)F. The lowest BCUT2D eigenvalue weighted by Gasteiger charge is -2.08. The number of thiophene rings is 1. The fourth-order valence-corrected chi connectivity index (χ4v) is 2.50. The van der Waals surface area contributed by atoms with E-state index in [0.717, 1.165) is 10.4 Å². The summed E-state index contributed by atoms with van der Waals surface area (Å²) in [6.07, 6.45) is -3.45. The molecule has 0 aliphatic carbocycles. The van der Waals surface area contributed by atoms with Crippen LogP contribution in [0.2, 0.25) is 0 Å². The Bertz CT molecular complexity index is 762. The number of alkyl halides is 3. The number of carbonyl (C=O) groups is 2. The second kappa shape index (κ2) is 9.99. The maximum Gasteiger partial charge on any atom is 0.490 e. The first-order chi connectivity index (χ1) is 12.5. The van der Waals surface area contributed by atoms with Crippen LogP contribution in [0.25, 0.3) is 0 Å². The number of nitrogens with one attached hydrogen (secondary N) is 1. The molecule has 2 aromatic heterocycles. The van der Waals surface area contributed by atoms with E-state index in [0.29, 0.717) is 18.8 Å². The smallest absolute Gasteiger partial charge is 0.475 e. The highest BCUT2D eigenvalue weighted by atomic mass is 32.1. The lowest BCUT2D eigenvalue weighted by molar-refractivity contribution is -0.192. The van der Waals surface area contributed by atoms with Gasteiger partial charge in [-0.2, -0.15) is 13.2 Å². The first kappa shape index (κ1) is 22.5. The minimum Gasteiger partial charge on any atom is -0.475 e. The highest BCUT2D eigenvalue weighted by Gasteiger charge is 2.38. The van der Waals surface area contributed by atoms with Gasteiger partial charge in [0.05, 0.1) is 19.3 Å². The molecule has 4 N–H and O–H groups in total. The number of ether oxygens (including phenoxy) is 1. The van der Waals surface area contributed by atoms with Gasteiger partial charge in [0.25, 0.3) is 0 Å². The Balaban J connectivity index is 0.000000445. The number of halogens is 3. The number of rotatable bonds is 6. The van der Waals surface area contributed by atoms with E-state index < -0.39 is 18.2 Å². The molecule has 0 aliphatic heterocycles. The number of carbonyl (C=O) groups excluding carboxylic acids is 1. The summed E-state index contributed by atoms with van der Waals surface area (Å²) in [5, 5.41) is 19.5. The molecule has 9 nitrogen and oxygen atoms in total. The van der Waals surface area contributed by atoms with E-state index in [2.05, 4.69) is 15.6 Å². The van der Waals surface area contributed by atoms with Crippen LogP contribution in [0.5, 0.6) is 0 Å². The molecular weight excluding hydrogens is 391 g/mol. The van der Waals surface area contributed by atoms with Crippen LogP contribution < -0.4 is 11.1 Å². The molecule has 2 heterocycles. The molecule has 0 radical (unpaired) electrons. The van der Waals surface area contributed by atoms with E-state index >= 15 is 0 Å². The second-order valence-electron chi connectivity index (χ2n) is 5.17. The quantitative estimate of drug-likeness (QED) is 0.648. The summed E-state index contributed by atoms with van der Waals surface area (Å²) in [6, 6.07) is 1.20. The van der Waals surface area contributed by atoms with Gasteiger partial charge in [0.1, 0.15) is 11.7 Å². The predicted octanol–water partition coefficient (Wildman–Crippen LogP) is 0.973. The molecule has 2 aromatic rings. The topological polar surface area (TPSA) is 132 Å². The Morgan fingerprint density at radius 1 is 1.48 bits per heavy atom. The lowest BCUT2D eigenvalue weighted by Crippen LogP contribution is -2.33. The third-order valence-corrected chi connectivity index (χ3v) is 3.91. The fourth-order valence-electron chi connectivity index (χ4n) is 1.69. The average Bonchev–Trinajstić information content (AvgIpc) is 3.21. The van der Waals surface area contributed by atoms with Crippen LogP contribution in [0.1, 0.15) is 22.2 Å². The Kier molecular flexibility index (Phi) is 8.33. The molecule has 0 aliphatic rings. The van der Waals surface area contributed by atoms with E-state index in [9.17, 15) is 18.0 Å². The number of carboxylic acids is 1.